The molecule has 3 saturated carbocycles. The van der Waals surface area contributed by atoms with Gasteiger partial charge in [-0.05, 0) is 112 Å². The molecule has 0 saturated heterocycles. The van der Waals surface area contributed by atoms with Crippen molar-refractivity contribution in [1.82, 2.24) is 0 Å². The first-order valence-corrected chi connectivity index (χ1v) is 14.3. The third-order valence-corrected chi connectivity index (χ3v) is 12.0. The van der Waals surface area contributed by atoms with Gasteiger partial charge in [0.25, 0.3) is 0 Å². The summed E-state index contributed by atoms with van der Waals surface area (Å²) in [4.78, 5) is 11.8. The van der Waals surface area contributed by atoms with E-state index in [-0.39, 0.29) is 17.5 Å². The van der Waals surface area contributed by atoms with Crippen molar-refractivity contribution < 1.29 is 9.53 Å². The van der Waals surface area contributed by atoms with E-state index in [1.807, 2.05) is 5.57 Å². The number of carbonyl (C=O) groups excluding carboxylic acids is 1. The summed E-state index contributed by atoms with van der Waals surface area (Å²) in [5.41, 5.74) is 4.39. The van der Waals surface area contributed by atoms with Gasteiger partial charge >= 0.3 is 5.97 Å². The Balaban J connectivity index is 1.61. The molecule has 4 aliphatic rings. The van der Waals surface area contributed by atoms with E-state index in [1.165, 1.54) is 50.5 Å². The number of rotatable bonds is 5. The largest absolute Gasteiger partial charge is 0.462 e. The van der Waals surface area contributed by atoms with Crippen LogP contribution in [0, 0.1) is 45.3 Å². The van der Waals surface area contributed by atoms with Gasteiger partial charge in [-0.2, -0.15) is 0 Å². The predicted molar refractivity (Wildman–Crippen MR) is 142 cm³/mol. The summed E-state index contributed by atoms with van der Waals surface area (Å²) in [6.45, 7) is 21.2. The zero-order chi connectivity index (χ0) is 25.1. The van der Waals surface area contributed by atoms with E-state index in [0.29, 0.717) is 28.1 Å². The Bertz CT molecular complexity index is 860. The van der Waals surface area contributed by atoms with Gasteiger partial charge in [-0.3, -0.25) is 4.79 Å². The maximum absolute atomic E-state index is 11.8. The molecular weight excluding hydrogens is 416 g/mol. The smallest absolute Gasteiger partial charge is 0.302 e. The quantitative estimate of drug-likeness (QED) is 0.297. The molecule has 2 heteroatoms. The Morgan fingerprint density at radius 2 is 1.76 bits per heavy atom. The highest BCUT2D eigenvalue weighted by molar-refractivity contribution is 5.66. The second-order valence-corrected chi connectivity index (χ2v) is 14.2. The minimum Gasteiger partial charge on any atom is -0.462 e. The molecule has 0 aromatic heterocycles. The van der Waals surface area contributed by atoms with Crippen molar-refractivity contribution in [2.75, 3.05) is 0 Å². The lowest BCUT2D eigenvalue weighted by molar-refractivity contribution is -0.174. The van der Waals surface area contributed by atoms with Crippen molar-refractivity contribution in [3.05, 3.63) is 23.3 Å². The third kappa shape index (κ3) is 3.85. The Morgan fingerprint density at radius 1 is 1.06 bits per heavy atom. The number of ether oxygens (including phenoxy) is 1. The summed E-state index contributed by atoms with van der Waals surface area (Å²) in [6.07, 6.45) is 16.6. The van der Waals surface area contributed by atoms with Gasteiger partial charge in [0.1, 0.15) is 6.10 Å². The van der Waals surface area contributed by atoms with Crippen LogP contribution in [0.1, 0.15) is 120 Å². The Morgan fingerprint density at radius 3 is 2.41 bits per heavy atom. The highest BCUT2D eigenvalue weighted by Gasteiger charge is 2.65. The highest BCUT2D eigenvalue weighted by atomic mass is 16.5. The molecule has 4 aliphatic carbocycles. The zero-order valence-corrected chi connectivity index (χ0v) is 23.7. The van der Waals surface area contributed by atoms with Crippen LogP contribution < -0.4 is 0 Å². The van der Waals surface area contributed by atoms with Crippen LogP contribution in [-0.2, 0) is 9.53 Å². The second kappa shape index (κ2) is 8.81. The van der Waals surface area contributed by atoms with E-state index >= 15 is 0 Å². The van der Waals surface area contributed by atoms with Gasteiger partial charge < -0.3 is 4.74 Å². The van der Waals surface area contributed by atoms with Crippen LogP contribution in [-0.4, -0.2) is 12.1 Å². The first-order valence-electron chi connectivity index (χ1n) is 14.3. The van der Waals surface area contributed by atoms with Crippen molar-refractivity contribution in [3.63, 3.8) is 0 Å². The lowest BCUT2D eigenvalue weighted by atomic mass is 9.41. The summed E-state index contributed by atoms with van der Waals surface area (Å²) >= 11 is 0. The van der Waals surface area contributed by atoms with Crippen molar-refractivity contribution >= 4 is 5.97 Å². The number of allylic oxidation sites excluding steroid dienone is 4. The van der Waals surface area contributed by atoms with E-state index in [9.17, 15) is 4.79 Å². The van der Waals surface area contributed by atoms with Crippen LogP contribution in [0.3, 0.4) is 0 Å². The third-order valence-electron chi connectivity index (χ3n) is 12.0. The monoisotopic (exact) mass is 468 g/mol. The number of hydrogen-bond donors (Lipinski definition) is 0. The molecule has 4 rings (SSSR count). The molecule has 0 N–H and O–H groups in total. The minimum atomic E-state index is -0.120. The van der Waals surface area contributed by atoms with Crippen molar-refractivity contribution in [1.29, 1.82) is 0 Å². The molecule has 0 amide bonds. The van der Waals surface area contributed by atoms with Crippen LogP contribution in [0.5, 0.6) is 0 Å². The Hall–Kier alpha value is -1.05. The van der Waals surface area contributed by atoms with Crippen LogP contribution in [0.2, 0.25) is 0 Å². The average Bonchev–Trinajstić information content (AvgIpc) is 3.01. The molecule has 2 nitrogen and oxygen atoms in total. The molecule has 0 aromatic rings. The van der Waals surface area contributed by atoms with Gasteiger partial charge in [0.15, 0.2) is 0 Å². The van der Waals surface area contributed by atoms with E-state index in [1.54, 1.807) is 6.92 Å². The van der Waals surface area contributed by atoms with Crippen molar-refractivity contribution in [2.24, 2.45) is 45.3 Å². The van der Waals surface area contributed by atoms with Crippen LogP contribution >= 0.6 is 0 Å². The molecule has 0 aromatic carbocycles. The molecule has 0 bridgehead atoms. The molecule has 0 radical (unpaired) electrons. The standard InChI is InChI=1S/C32H52O2/c1-21(2)11-10-12-22(3)24-15-19-32(9)26-13-14-27-29(5,6)28(34-23(4)33)17-18-30(27,7)25(26)16-20-31(24,32)8/h11,13,22,24-25,27-28H,10,12,14-20H2,1-9H3/t22-,24+,25?,27+,28?,30?,31+,32-/m1/s1. The van der Waals surface area contributed by atoms with E-state index in [2.05, 4.69) is 67.5 Å². The predicted octanol–water partition coefficient (Wildman–Crippen LogP) is 8.91. The number of hydrogen-bond acceptors (Lipinski definition) is 2. The fraction of sp³-hybridized carbons (Fsp3) is 0.844. The molecule has 0 aliphatic heterocycles. The van der Waals surface area contributed by atoms with Crippen LogP contribution in [0.4, 0.5) is 0 Å². The summed E-state index contributed by atoms with van der Waals surface area (Å²) < 4.78 is 5.87. The lowest BCUT2D eigenvalue weighted by Gasteiger charge is -2.64. The molecule has 192 valence electrons. The average molecular weight is 469 g/mol. The number of fused-ring (bicyclic) bond motifs is 5. The molecule has 34 heavy (non-hydrogen) atoms. The summed E-state index contributed by atoms with van der Waals surface area (Å²) in [5.74, 6) is 2.79. The molecule has 0 spiro atoms. The number of esters is 1. The van der Waals surface area contributed by atoms with Gasteiger partial charge in [-0.1, -0.05) is 64.8 Å². The van der Waals surface area contributed by atoms with E-state index < -0.39 is 0 Å². The highest BCUT2D eigenvalue weighted by Crippen LogP contribution is 2.73. The van der Waals surface area contributed by atoms with Crippen LogP contribution in [0.15, 0.2) is 23.3 Å². The van der Waals surface area contributed by atoms with Crippen molar-refractivity contribution in [2.45, 2.75) is 126 Å². The lowest BCUT2D eigenvalue weighted by Crippen LogP contribution is -2.58. The van der Waals surface area contributed by atoms with Gasteiger partial charge in [-0.25, -0.2) is 0 Å². The maximum Gasteiger partial charge on any atom is 0.302 e. The first kappa shape index (κ1) is 26.0. The zero-order valence-electron chi connectivity index (χ0n) is 23.7. The SMILES string of the molecule is CC(=O)OC1CCC2(C)C3CC[C@@]4(C)[C@H]([C@H](C)CCC=C(C)C)CC[C@]4(C)C3=CC[C@H]2C1(C)C. The van der Waals surface area contributed by atoms with Gasteiger partial charge in [0.2, 0.25) is 0 Å². The minimum absolute atomic E-state index is 0.0278. The Kier molecular flexibility index (Phi) is 6.74. The fourth-order valence-corrected chi connectivity index (χ4v) is 9.89. The van der Waals surface area contributed by atoms with E-state index in [0.717, 1.165) is 24.7 Å². The van der Waals surface area contributed by atoms with Gasteiger partial charge in [-0.15, -0.1) is 0 Å². The normalized spacial score (nSPS) is 43.6. The molecule has 3 unspecified atom stereocenters. The van der Waals surface area contributed by atoms with Gasteiger partial charge in [0, 0.05) is 12.3 Å². The van der Waals surface area contributed by atoms with Gasteiger partial charge in [0.05, 0.1) is 0 Å². The molecule has 3 fully saturated rings. The maximum atomic E-state index is 11.8. The molecule has 8 atom stereocenters. The Labute approximate surface area is 210 Å². The van der Waals surface area contributed by atoms with E-state index in [4.69, 9.17) is 4.74 Å². The fourth-order valence-electron chi connectivity index (χ4n) is 9.89. The molecular formula is C32H52O2. The summed E-state index contributed by atoms with van der Waals surface area (Å²) in [5, 5.41) is 0. The van der Waals surface area contributed by atoms with Crippen LogP contribution in [0.25, 0.3) is 0 Å². The summed E-state index contributed by atoms with van der Waals surface area (Å²) in [6, 6.07) is 0. The molecule has 0 heterocycles. The summed E-state index contributed by atoms with van der Waals surface area (Å²) in [7, 11) is 0. The first-order chi connectivity index (χ1) is 15.8. The number of carbonyl (C=O) groups is 1. The van der Waals surface area contributed by atoms with Crippen molar-refractivity contribution in [3.8, 4) is 0 Å². The topological polar surface area (TPSA) is 26.3 Å². The second-order valence-electron chi connectivity index (χ2n) is 14.2.